The fourth-order valence-electron chi connectivity index (χ4n) is 3.49. The van der Waals surface area contributed by atoms with E-state index in [2.05, 4.69) is 30.8 Å². The topological polar surface area (TPSA) is 170 Å². The summed E-state index contributed by atoms with van der Waals surface area (Å²) in [7, 11) is 0. The number of H-pyrrole nitrogens is 1. The minimum absolute atomic E-state index is 0.0301. The van der Waals surface area contributed by atoms with E-state index in [1.165, 1.54) is 17.2 Å². The van der Waals surface area contributed by atoms with Crippen LogP contribution in [0.3, 0.4) is 0 Å². The van der Waals surface area contributed by atoms with Gasteiger partial charge in [0.15, 0.2) is 0 Å². The van der Waals surface area contributed by atoms with Crippen LogP contribution < -0.4 is 27.7 Å². The Morgan fingerprint density at radius 3 is 2.80 bits per heavy atom. The van der Waals surface area contributed by atoms with Gasteiger partial charge < -0.3 is 22.1 Å². The van der Waals surface area contributed by atoms with Crippen molar-refractivity contribution >= 4 is 23.4 Å². The predicted molar refractivity (Wildman–Crippen MR) is 112 cm³/mol. The standard InChI is InChI=1S/C19H23N9O2/c20-14-6-1-2-7-15(14)25-19-22-9-13(17(21)30)18(26-19)24-11-4-3-5-12(8-11)28-23-10-16(29)27-28/h3-5,8-10,14-15H,1-2,6-7,20H2,(H2,21,30)(H,27,29)(H2,22,24,25,26). The minimum atomic E-state index is -0.647. The van der Waals surface area contributed by atoms with Gasteiger partial charge in [-0.1, -0.05) is 18.9 Å². The van der Waals surface area contributed by atoms with E-state index in [0.29, 0.717) is 17.3 Å². The Bertz CT molecular complexity index is 1110. The van der Waals surface area contributed by atoms with Gasteiger partial charge in [-0.25, -0.2) is 10.1 Å². The molecule has 11 heteroatoms. The van der Waals surface area contributed by atoms with Crippen LogP contribution in [0.25, 0.3) is 5.69 Å². The number of primary amides is 1. The zero-order valence-corrected chi connectivity index (χ0v) is 16.2. The Kier molecular flexibility index (Phi) is 5.44. The smallest absolute Gasteiger partial charge is 0.284 e. The maximum absolute atomic E-state index is 11.9. The highest BCUT2D eigenvalue weighted by atomic mass is 16.1. The molecule has 1 aliphatic rings. The highest BCUT2D eigenvalue weighted by Gasteiger charge is 2.23. The molecule has 30 heavy (non-hydrogen) atoms. The molecule has 2 heterocycles. The molecule has 4 rings (SSSR count). The van der Waals surface area contributed by atoms with Gasteiger partial charge in [-0.3, -0.25) is 9.59 Å². The lowest BCUT2D eigenvalue weighted by Gasteiger charge is -2.29. The summed E-state index contributed by atoms with van der Waals surface area (Å²) in [6.07, 6.45) is 6.68. The number of nitrogens with two attached hydrogens (primary N) is 2. The third kappa shape index (κ3) is 4.30. The minimum Gasteiger partial charge on any atom is -0.365 e. The van der Waals surface area contributed by atoms with Crippen molar-refractivity contribution in [3.8, 4) is 5.69 Å². The Morgan fingerprint density at radius 1 is 1.23 bits per heavy atom. The van der Waals surface area contributed by atoms with Crippen LogP contribution >= 0.6 is 0 Å². The second-order valence-corrected chi connectivity index (χ2v) is 7.23. The quantitative estimate of drug-likeness (QED) is 0.399. The van der Waals surface area contributed by atoms with E-state index in [4.69, 9.17) is 11.5 Å². The number of nitrogens with one attached hydrogen (secondary N) is 3. The number of amides is 1. The Labute approximate surface area is 171 Å². The number of anilines is 3. The zero-order valence-electron chi connectivity index (χ0n) is 16.2. The van der Waals surface area contributed by atoms with E-state index in [-0.39, 0.29) is 29.0 Å². The van der Waals surface area contributed by atoms with Crippen LogP contribution in [0.4, 0.5) is 17.5 Å². The third-order valence-corrected chi connectivity index (χ3v) is 5.05. The molecule has 1 aliphatic carbocycles. The van der Waals surface area contributed by atoms with Gasteiger partial charge in [-0.15, -0.1) is 0 Å². The molecule has 0 radical (unpaired) electrons. The molecule has 7 N–H and O–H groups in total. The third-order valence-electron chi connectivity index (χ3n) is 5.05. The first-order valence-electron chi connectivity index (χ1n) is 9.70. The summed E-state index contributed by atoms with van der Waals surface area (Å²) in [5.41, 5.74) is 12.8. The SMILES string of the molecule is NC(=O)c1cnc(NC2CCCCC2N)nc1Nc1cccc(-n2ncc(=O)[nH]2)c1. The molecular formula is C19H23N9O2. The van der Waals surface area contributed by atoms with Crippen molar-refractivity contribution in [3.05, 3.63) is 52.6 Å². The normalized spacial score (nSPS) is 18.7. The summed E-state index contributed by atoms with van der Waals surface area (Å²) in [5, 5.41) is 12.9. The summed E-state index contributed by atoms with van der Waals surface area (Å²) in [6.45, 7) is 0. The molecule has 2 unspecified atom stereocenters. The van der Waals surface area contributed by atoms with E-state index in [1.807, 2.05) is 0 Å². The summed E-state index contributed by atoms with van der Waals surface area (Å²) in [5.74, 6) is -0.00104. The molecule has 3 aromatic rings. The number of rotatable bonds is 6. The van der Waals surface area contributed by atoms with Crippen LogP contribution in [0.5, 0.6) is 0 Å². The van der Waals surface area contributed by atoms with Crippen molar-refractivity contribution in [2.45, 2.75) is 37.8 Å². The van der Waals surface area contributed by atoms with Crippen molar-refractivity contribution in [2.75, 3.05) is 10.6 Å². The van der Waals surface area contributed by atoms with E-state index in [9.17, 15) is 9.59 Å². The average molecular weight is 409 g/mol. The molecule has 0 spiro atoms. The highest BCUT2D eigenvalue weighted by molar-refractivity contribution is 5.98. The summed E-state index contributed by atoms with van der Waals surface area (Å²) in [4.78, 5) is 33.2. The lowest BCUT2D eigenvalue weighted by molar-refractivity contribution is 0.100. The molecule has 1 aromatic carbocycles. The first-order chi connectivity index (χ1) is 14.5. The van der Waals surface area contributed by atoms with Gasteiger partial charge in [0.05, 0.1) is 5.69 Å². The number of benzene rings is 1. The van der Waals surface area contributed by atoms with Crippen LogP contribution in [0.15, 0.2) is 41.5 Å². The molecule has 11 nitrogen and oxygen atoms in total. The Hall–Kier alpha value is -3.73. The molecule has 1 fully saturated rings. The fourth-order valence-corrected chi connectivity index (χ4v) is 3.49. The van der Waals surface area contributed by atoms with Crippen molar-refractivity contribution in [1.29, 1.82) is 0 Å². The first kappa shape index (κ1) is 19.6. The molecular weight excluding hydrogens is 386 g/mol. The predicted octanol–water partition coefficient (Wildman–Crippen LogP) is 0.875. The highest BCUT2D eigenvalue weighted by Crippen LogP contribution is 2.23. The van der Waals surface area contributed by atoms with Crippen molar-refractivity contribution in [3.63, 3.8) is 0 Å². The van der Waals surface area contributed by atoms with E-state index >= 15 is 0 Å². The summed E-state index contributed by atoms with van der Waals surface area (Å²) >= 11 is 0. The van der Waals surface area contributed by atoms with Crippen LogP contribution in [-0.2, 0) is 0 Å². The lowest BCUT2D eigenvalue weighted by atomic mass is 9.91. The van der Waals surface area contributed by atoms with Crippen molar-refractivity contribution in [1.82, 2.24) is 25.0 Å². The van der Waals surface area contributed by atoms with Crippen LogP contribution in [0, 0.1) is 0 Å². The lowest BCUT2D eigenvalue weighted by Crippen LogP contribution is -2.43. The largest absolute Gasteiger partial charge is 0.365 e. The number of carbonyl (C=O) groups is 1. The van der Waals surface area contributed by atoms with E-state index in [0.717, 1.165) is 25.7 Å². The molecule has 1 amide bonds. The second-order valence-electron chi connectivity index (χ2n) is 7.23. The van der Waals surface area contributed by atoms with Gasteiger partial charge in [-0.2, -0.15) is 14.9 Å². The molecule has 1 saturated carbocycles. The first-order valence-corrected chi connectivity index (χ1v) is 9.70. The number of aromatic amines is 1. The van der Waals surface area contributed by atoms with Gasteiger partial charge in [0.25, 0.3) is 11.5 Å². The van der Waals surface area contributed by atoms with Gasteiger partial charge in [0.2, 0.25) is 5.95 Å². The molecule has 156 valence electrons. The molecule has 0 saturated heterocycles. The summed E-state index contributed by atoms with van der Waals surface area (Å²) in [6, 6.07) is 7.21. The van der Waals surface area contributed by atoms with Crippen molar-refractivity contribution in [2.24, 2.45) is 11.5 Å². The number of nitrogens with zero attached hydrogens (tertiary/aromatic N) is 4. The zero-order chi connectivity index (χ0) is 21.1. The Balaban J connectivity index is 1.60. The molecule has 0 aliphatic heterocycles. The maximum Gasteiger partial charge on any atom is 0.284 e. The number of hydrogen-bond donors (Lipinski definition) is 5. The number of aromatic nitrogens is 5. The van der Waals surface area contributed by atoms with Gasteiger partial charge in [0, 0.05) is 24.0 Å². The van der Waals surface area contributed by atoms with Crippen molar-refractivity contribution < 1.29 is 4.79 Å². The van der Waals surface area contributed by atoms with E-state index < -0.39 is 5.91 Å². The number of carbonyl (C=O) groups excluding carboxylic acids is 1. The van der Waals surface area contributed by atoms with Crippen LogP contribution in [0.2, 0.25) is 0 Å². The summed E-state index contributed by atoms with van der Waals surface area (Å²) < 4.78 is 0. The Morgan fingerprint density at radius 2 is 2.07 bits per heavy atom. The maximum atomic E-state index is 11.9. The van der Waals surface area contributed by atoms with Gasteiger partial charge >= 0.3 is 0 Å². The number of hydrogen-bond acceptors (Lipinski definition) is 8. The molecule has 2 aromatic heterocycles. The van der Waals surface area contributed by atoms with Crippen LogP contribution in [-0.4, -0.2) is 43.0 Å². The van der Waals surface area contributed by atoms with Gasteiger partial charge in [-0.05, 0) is 31.0 Å². The molecule has 2 atom stereocenters. The average Bonchev–Trinajstić information content (AvgIpc) is 3.16. The second kappa shape index (κ2) is 8.33. The molecule has 0 bridgehead atoms. The van der Waals surface area contributed by atoms with Crippen LogP contribution in [0.1, 0.15) is 36.0 Å². The van der Waals surface area contributed by atoms with Gasteiger partial charge in [0.1, 0.15) is 17.6 Å². The fraction of sp³-hybridized carbons (Fsp3) is 0.316. The monoisotopic (exact) mass is 409 g/mol. The van der Waals surface area contributed by atoms with E-state index in [1.54, 1.807) is 24.3 Å².